The minimum absolute atomic E-state index is 0.0512. The minimum Gasteiger partial charge on any atom is -0.497 e. The van der Waals surface area contributed by atoms with Crippen molar-refractivity contribution in [1.82, 2.24) is 23.1 Å². The molecule has 184 valence electrons. The van der Waals surface area contributed by atoms with Crippen LogP contribution in [0.15, 0.2) is 64.2 Å². The predicted octanol–water partition coefficient (Wildman–Crippen LogP) is 2.51. The molecule has 3 heterocycles. The summed E-state index contributed by atoms with van der Waals surface area (Å²) in [6, 6.07) is 16.7. The van der Waals surface area contributed by atoms with Crippen LogP contribution in [0.1, 0.15) is 17.0 Å². The highest BCUT2D eigenvalue weighted by Crippen LogP contribution is 2.26. The lowest BCUT2D eigenvalue weighted by atomic mass is 10.2. The zero-order valence-corrected chi connectivity index (χ0v) is 20.4. The van der Waals surface area contributed by atoms with Crippen LogP contribution < -0.4 is 16.0 Å². The van der Waals surface area contributed by atoms with Crippen molar-refractivity contribution in [2.24, 2.45) is 7.05 Å². The number of nitrogens with zero attached hydrogens (tertiary/aromatic N) is 5. The van der Waals surface area contributed by atoms with Crippen molar-refractivity contribution in [3.8, 4) is 11.4 Å². The average molecular weight is 488 g/mol. The minimum atomic E-state index is -0.681. The van der Waals surface area contributed by atoms with Crippen molar-refractivity contribution in [1.29, 1.82) is 0 Å². The highest BCUT2D eigenvalue weighted by Gasteiger charge is 2.24. The van der Waals surface area contributed by atoms with Gasteiger partial charge in [0.15, 0.2) is 11.2 Å². The van der Waals surface area contributed by atoms with Crippen LogP contribution in [0, 0.1) is 13.8 Å². The molecule has 2 aromatic carbocycles. The fourth-order valence-corrected chi connectivity index (χ4v) is 4.36. The number of imidazole rings is 2. The summed E-state index contributed by atoms with van der Waals surface area (Å²) < 4.78 is 16.5. The molecule has 0 bridgehead atoms. The summed E-state index contributed by atoms with van der Waals surface area (Å²) in [4.78, 5) is 43.8. The van der Waals surface area contributed by atoms with E-state index in [-0.39, 0.29) is 17.8 Å². The fraction of sp³-hybridized carbons (Fsp3) is 0.231. The second-order valence-electron chi connectivity index (χ2n) is 8.51. The number of rotatable bonds is 6. The largest absolute Gasteiger partial charge is 0.497 e. The summed E-state index contributed by atoms with van der Waals surface area (Å²) in [7, 11) is 3.12. The first-order valence-electron chi connectivity index (χ1n) is 11.4. The third-order valence-corrected chi connectivity index (χ3v) is 6.36. The molecule has 0 aliphatic carbocycles. The molecule has 0 unspecified atom stereocenters. The molecule has 0 atom stereocenters. The van der Waals surface area contributed by atoms with Crippen LogP contribution in [-0.2, 0) is 29.7 Å². The number of ether oxygens (including phenoxy) is 2. The first-order chi connectivity index (χ1) is 17.3. The van der Waals surface area contributed by atoms with Crippen LogP contribution in [0.25, 0.3) is 22.6 Å². The molecule has 0 spiro atoms. The molecule has 0 N–H and O–H groups in total. The smallest absolute Gasteiger partial charge is 0.333 e. The molecule has 5 aromatic rings. The van der Waals surface area contributed by atoms with Gasteiger partial charge in [-0.05, 0) is 31.5 Å². The van der Waals surface area contributed by atoms with E-state index in [0.29, 0.717) is 11.5 Å². The van der Waals surface area contributed by atoms with Crippen molar-refractivity contribution < 1.29 is 14.3 Å². The van der Waals surface area contributed by atoms with Gasteiger partial charge in [0.05, 0.1) is 12.8 Å². The number of benzene rings is 2. The Morgan fingerprint density at radius 1 is 1.00 bits per heavy atom. The zero-order chi connectivity index (χ0) is 25.6. The predicted molar refractivity (Wildman–Crippen MR) is 134 cm³/mol. The Balaban J connectivity index is 1.63. The molecule has 0 fully saturated rings. The van der Waals surface area contributed by atoms with Crippen molar-refractivity contribution in [3.63, 3.8) is 0 Å². The van der Waals surface area contributed by atoms with Crippen LogP contribution >= 0.6 is 0 Å². The fourth-order valence-electron chi connectivity index (χ4n) is 4.36. The highest BCUT2D eigenvalue weighted by molar-refractivity contribution is 5.78. The van der Waals surface area contributed by atoms with Gasteiger partial charge in [-0.1, -0.05) is 36.4 Å². The summed E-state index contributed by atoms with van der Waals surface area (Å²) in [6.45, 7) is 3.35. The second-order valence-corrected chi connectivity index (χ2v) is 8.51. The van der Waals surface area contributed by atoms with Crippen LogP contribution in [0.3, 0.4) is 0 Å². The number of carbonyl (C=O) groups excluding carboxylic acids is 1. The van der Waals surface area contributed by atoms with E-state index in [0.717, 1.165) is 27.2 Å². The van der Waals surface area contributed by atoms with Crippen LogP contribution in [-0.4, -0.2) is 36.2 Å². The standard InChI is InChI=1S/C26H25N5O5/c1-16-17(2)31-22-23(27-25(31)30(16)19-11-8-12-20(13-19)35-4)28(3)26(34)29(24(22)33)14-21(32)36-15-18-9-6-5-7-10-18/h5-13H,14-15H2,1-4H3. The van der Waals surface area contributed by atoms with Crippen molar-refractivity contribution in [3.05, 3.63) is 92.4 Å². The number of hydrogen-bond acceptors (Lipinski definition) is 6. The lowest BCUT2D eigenvalue weighted by molar-refractivity contribution is -0.145. The monoisotopic (exact) mass is 487 g/mol. The first kappa shape index (κ1) is 23.2. The zero-order valence-electron chi connectivity index (χ0n) is 20.4. The molecule has 0 radical (unpaired) electrons. The van der Waals surface area contributed by atoms with E-state index in [1.165, 1.54) is 11.6 Å². The topological polar surface area (TPSA) is 102 Å². The summed E-state index contributed by atoms with van der Waals surface area (Å²) in [5.74, 6) is 0.473. The Morgan fingerprint density at radius 3 is 2.47 bits per heavy atom. The van der Waals surface area contributed by atoms with Gasteiger partial charge >= 0.3 is 11.7 Å². The molecule has 0 saturated heterocycles. The lowest BCUT2D eigenvalue weighted by Crippen LogP contribution is -2.41. The molecular weight excluding hydrogens is 462 g/mol. The molecule has 10 nitrogen and oxygen atoms in total. The van der Waals surface area contributed by atoms with Gasteiger partial charge in [0, 0.05) is 24.5 Å². The second kappa shape index (κ2) is 8.88. The highest BCUT2D eigenvalue weighted by atomic mass is 16.5. The summed E-state index contributed by atoms with van der Waals surface area (Å²) in [5, 5.41) is 0. The van der Waals surface area contributed by atoms with E-state index in [4.69, 9.17) is 9.47 Å². The van der Waals surface area contributed by atoms with Crippen molar-refractivity contribution in [2.45, 2.75) is 27.0 Å². The van der Waals surface area contributed by atoms with Gasteiger partial charge in [0.1, 0.15) is 18.9 Å². The van der Waals surface area contributed by atoms with Crippen LogP contribution in [0.5, 0.6) is 5.75 Å². The van der Waals surface area contributed by atoms with Gasteiger partial charge in [-0.3, -0.25) is 23.1 Å². The van der Waals surface area contributed by atoms with Gasteiger partial charge < -0.3 is 9.47 Å². The Kier molecular flexibility index (Phi) is 5.71. The molecular formula is C26H25N5O5. The molecule has 5 rings (SSSR count). The number of esters is 1. The molecule has 0 aliphatic heterocycles. The van der Waals surface area contributed by atoms with Gasteiger partial charge in [-0.25, -0.2) is 9.36 Å². The molecule has 3 aromatic heterocycles. The van der Waals surface area contributed by atoms with E-state index in [2.05, 4.69) is 4.98 Å². The molecule has 0 aliphatic rings. The van der Waals surface area contributed by atoms with E-state index >= 15 is 0 Å². The Morgan fingerprint density at radius 2 is 1.75 bits per heavy atom. The Hall–Kier alpha value is -4.60. The van der Waals surface area contributed by atoms with Crippen molar-refractivity contribution >= 4 is 22.9 Å². The number of fused-ring (bicyclic) bond motifs is 3. The van der Waals surface area contributed by atoms with Crippen LogP contribution in [0.4, 0.5) is 0 Å². The van der Waals surface area contributed by atoms with Gasteiger partial charge in [0.2, 0.25) is 5.78 Å². The SMILES string of the molecule is COc1cccc(-n2c(C)c(C)n3c4c(=O)n(CC(=O)OCc5ccccc5)c(=O)n(C)c4nc23)c1. The molecule has 36 heavy (non-hydrogen) atoms. The summed E-state index contributed by atoms with van der Waals surface area (Å²) >= 11 is 0. The summed E-state index contributed by atoms with van der Waals surface area (Å²) in [5.41, 5.74) is 2.45. The number of aryl methyl sites for hydroxylation is 2. The third-order valence-electron chi connectivity index (χ3n) is 6.36. The maximum Gasteiger partial charge on any atom is 0.333 e. The van der Waals surface area contributed by atoms with E-state index in [1.807, 2.05) is 73.0 Å². The molecule has 10 heteroatoms. The Bertz CT molecular complexity index is 1740. The number of hydrogen-bond donors (Lipinski definition) is 0. The van der Waals surface area contributed by atoms with Gasteiger partial charge in [0.25, 0.3) is 5.56 Å². The number of carbonyl (C=O) groups is 1. The number of aromatic nitrogens is 5. The molecule has 0 saturated carbocycles. The van der Waals surface area contributed by atoms with E-state index in [9.17, 15) is 14.4 Å². The van der Waals surface area contributed by atoms with Gasteiger partial charge in [-0.2, -0.15) is 4.98 Å². The normalized spacial score (nSPS) is 11.3. The Labute approximate surface area is 205 Å². The molecule has 0 amide bonds. The van der Waals surface area contributed by atoms with Crippen molar-refractivity contribution in [2.75, 3.05) is 7.11 Å². The first-order valence-corrected chi connectivity index (χ1v) is 11.4. The summed E-state index contributed by atoms with van der Waals surface area (Å²) in [6.07, 6.45) is 0. The number of methoxy groups -OCH3 is 1. The maximum absolute atomic E-state index is 13.5. The van der Waals surface area contributed by atoms with Gasteiger partial charge in [-0.15, -0.1) is 0 Å². The quantitative estimate of drug-likeness (QED) is 0.341. The average Bonchev–Trinajstić information content (AvgIpc) is 3.39. The maximum atomic E-state index is 13.5. The lowest BCUT2D eigenvalue weighted by Gasteiger charge is -2.09. The van der Waals surface area contributed by atoms with E-state index in [1.54, 1.807) is 11.5 Å². The third kappa shape index (κ3) is 3.67. The van der Waals surface area contributed by atoms with Crippen LogP contribution in [0.2, 0.25) is 0 Å². The van der Waals surface area contributed by atoms with E-state index < -0.39 is 23.8 Å².